The number of aromatic nitrogens is 2. The van der Waals surface area contributed by atoms with Crippen LogP contribution in [0.5, 0.6) is 5.75 Å². The van der Waals surface area contributed by atoms with Gasteiger partial charge in [0, 0.05) is 42.5 Å². The molecule has 1 aliphatic heterocycles. The third-order valence-corrected chi connectivity index (χ3v) is 4.86. The van der Waals surface area contributed by atoms with Crippen LogP contribution in [0, 0.1) is 17.0 Å². The highest BCUT2D eigenvalue weighted by Gasteiger charge is 2.24. The SMILES string of the molecule is Cc1cc(NCCCN2C(=O)COc3ccccc32)nc(-c2ccc([N+](=O)[O-])cc2)n1. The van der Waals surface area contributed by atoms with Crippen molar-refractivity contribution < 1.29 is 14.5 Å². The summed E-state index contributed by atoms with van der Waals surface area (Å²) in [5.74, 6) is 1.82. The van der Waals surface area contributed by atoms with E-state index in [0.717, 1.165) is 17.8 Å². The summed E-state index contributed by atoms with van der Waals surface area (Å²) in [6, 6.07) is 15.5. The summed E-state index contributed by atoms with van der Waals surface area (Å²) in [5, 5.41) is 14.1. The number of rotatable bonds is 7. The van der Waals surface area contributed by atoms with E-state index in [0.29, 0.717) is 36.0 Å². The summed E-state index contributed by atoms with van der Waals surface area (Å²) in [6.45, 7) is 3.09. The summed E-state index contributed by atoms with van der Waals surface area (Å²) < 4.78 is 5.47. The van der Waals surface area contributed by atoms with Crippen LogP contribution in [0.25, 0.3) is 11.4 Å². The fourth-order valence-corrected chi connectivity index (χ4v) is 3.37. The Morgan fingerprint density at radius 2 is 1.94 bits per heavy atom. The normalized spacial score (nSPS) is 12.8. The van der Waals surface area contributed by atoms with Crippen LogP contribution in [-0.2, 0) is 4.79 Å². The minimum atomic E-state index is -0.439. The van der Waals surface area contributed by atoms with Crippen LogP contribution < -0.4 is 15.0 Å². The summed E-state index contributed by atoms with van der Waals surface area (Å²) >= 11 is 0. The molecular formula is C22H21N5O4. The highest BCUT2D eigenvalue weighted by molar-refractivity contribution is 5.97. The first-order chi connectivity index (χ1) is 15.0. The van der Waals surface area contributed by atoms with Crippen LogP contribution in [0.2, 0.25) is 0 Å². The highest BCUT2D eigenvalue weighted by Crippen LogP contribution is 2.31. The third kappa shape index (κ3) is 4.61. The van der Waals surface area contributed by atoms with Gasteiger partial charge in [-0.2, -0.15) is 0 Å². The summed E-state index contributed by atoms with van der Waals surface area (Å²) in [5.41, 5.74) is 2.29. The Bertz CT molecular complexity index is 1120. The summed E-state index contributed by atoms with van der Waals surface area (Å²) in [4.78, 5) is 33.3. The number of carbonyl (C=O) groups excluding carboxylic acids is 1. The number of non-ortho nitro benzene ring substituents is 1. The zero-order valence-corrected chi connectivity index (χ0v) is 16.9. The van der Waals surface area contributed by atoms with E-state index >= 15 is 0 Å². The van der Waals surface area contributed by atoms with E-state index in [1.165, 1.54) is 12.1 Å². The molecule has 158 valence electrons. The highest BCUT2D eigenvalue weighted by atomic mass is 16.6. The smallest absolute Gasteiger partial charge is 0.269 e. The number of aryl methyl sites for hydroxylation is 1. The molecule has 1 N–H and O–H groups in total. The molecule has 0 atom stereocenters. The predicted molar refractivity (Wildman–Crippen MR) is 116 cm³/mol. The van der Waals surface area contributed by atoms with Gasteiger partial charge in [0.05, 0.1) is 10.6 Å². The molecule has 9 heteroatoms. The molecule has 0 spiro atoms. The molecule has 2 heterocycles. The Balaban J connectivity index is 1.39. The van der Waals surface area contributed by atoms with Gasteiger partial charge in [-0.05, 0) is 37.6 Å². The minimum Gasteiger partial charge on any atom is -0.482 e. The lowest BCUT2D eigenvalue weighted by Crippen LogP contribution is -2.39. The van der Waals surface area contributed by atoms with Crippen LogP contribution in [0.15, 0.2) is 54.6 Å². The molecule has 0 bridgehead atoms. The van der Waals surface area contributed by atoms with Gasteiger partial charge in [0.15, 0.2) is 12.4 Å². The van der Waals surface area contributed by atoms with Gasteiger partial charge in [0.25, 0.3) is 11.6 Å². The molecule has 3 aromatic rings. The maximum atomic E-state index is 12.3. The third-order valence-electron chi connectivity index (χ3n) is 4.86. The van der Waals surface area contributed by atoms with E-state index in [4.69, 9.17) is 4.74 Å². The van der Waals surface area contributed by atoms with Crippen molar-refractivity contribution in [2.75, 3.05) is 29.9 Å². The second-order valence-electron chi connectivity index (χ2n) is 7.10. The fraction of sp³-hybridized carbons (Fsp3) is 0.227. The Labute approximate surface area is 178 Å². The van der Waals surface area contributed by atoms with Gasteiger partial charge >= 0.3 is 0 Å². The molecule has 0 unspecified atom stereocenters. The molecular weight excluding hydrogens is 398 g/mol. The van der Waals surface area contributed by atoms with Gasteiger partial charge in [-0.1, -0.05) is 12.1 Å². The van der Waals surface area contributed by atoms with Crippen molar-refractivity contribution >= 4 is 23.1 Å². The first-order valence-electron chi connectivity index (χ1n) is 9.88. The molecule has 0 saturated heterocycles. The Hall–Kier alpha value is -4.01. The molecule has 0 aliphatic carbocycles. The first-order valence-corrected chi connectivity index (χ1v) is 9.88. The Kier molecular flexibility index (Phi) is 5.74. The number of nitro benzene ring substituents is 1. The van der Waals surface area contributed by atoms with Gasteiger partial charge in [0.1, 0.15) is 11.6 Å². The molecule has 1 aliphatic rings. The molecule has 4 rings (SSSR count). The van der Waals surface area contributed by atoms with Crippen LogP contribution in [0.4, 0.5) is 17.2 Å². The van der Waals surface area contributed by atoms with E-state index in [1.54, 1.807) is 17.0 Å². The minimum absolute atomic E-state index is 0.0222. The van der Waals surface area contributed by atoms with Crippen molar-refractivity contribution in [2.24, 2.45) is 0 Å². The number of nitro groups is 1. The van der Waals surface area contributed by atoms with Gasteiger partial charge < -0.3 is 15.0 Å². The molecule has 1 amide bonds. The Morgan fingerprint density at radius 1 is 1.16 bits per heavy atom. The quantitative estimate of drug-likeness (QED) is 0.354. The van der Waals surface area contributed by atoms with Crippen molar-refractivity contribution in [1.82, 2.24) is 9.97 Å². The number of nitrogens with one attached hydrogen (secondary N) is 1. The van der Waals surface area contributed by atoms with Crippen molar-refractivity contribution in [3.63, 3.8) is 0 Å². The van der Waals surface area contributed by atoms with Gasteiger partial charge in [-0.3, -0.25) is 14.9 Å². The van der Waals surface area contributed by atoms with Crippen molar-refractivity contribution in [1.29, 1.82) is 0 Å². The van der Waals surface area contributed by atoms with Crippen LogP contribution >= 0.6 is 0 Å². The standard InChI is InChI=1S/C22H21N5O4/c1-15-13-20(25-22(24-15)16-7-9-17(10-8-16)27(29)30)23-11-4-12-26-18-5-2-3-6-19(18)31-14-21(26)28/h2-3,5-10,13H,4,11-12,14H2,1H3,(H,23,24,25). The number of amides is 1. The summed E-state index contributed by atoms with van der Waals surface area (Å²) in [6.07, 6.45) is 0.718. The van der Waals surface area contributed by atoms with E-state index in [1.807, 2.05) is 37.3 Å². The van der Waals surface area contributed by atoms with Gasteiger partial charge in [-0.25, -0.2) is 9.97 Å². The molecule has 31 heavy (non-hydrogen) atoms. The molecule has 0 fully saturated rings. The van der Waals surface area contributed by atoms with Gasteiger partial charge in [-0.15, -0.1) is 0 Å². The number of ether oxygens (including phenoxy) is 1. The predicted octanol–water partition coefficient (Wildman–Crippen LogP) is 3.59. The number of hydrogen-bond donors (Lipinski definition) is 1. The lowest BCUT2D eigenvalue weighted by molar-refractivity contribution is -0.384. The maximum absolute atomic E-state index is 12.3. The number of nitrogens with zero attached hydrogens (tertiary/aromatic N) is 4. The monoisotopic (exact) mass is 419 g/mol. The molecule has 2 aromatic carbocycles. The molecule has 9 nitrogen and oxygen atoms in total. The van der Waals surface area contributed by atoms with E-state index in [-0.39, 0.29) is 18.2 Å². The molecule has 0 radical (unpaired) electrons. The first kappa shape index (κ1) is 20.3. The molecule has 0 saturated carbocycles. The lowest BCUT2D eigenvalue weighted by Gasteiger charge is -2.29. The van der Waals surface area contributed by atoms with Gasteiger partial charge in [0.2, 0.25) is 0 Å². The second kappa shape index (κ2) is 8.78. The number of para-hydroxylation sites is 2. The molecule has 1 aromatic heterocycles. The number of anilines is 2. The lowest BCUT2D eigenvalue weighted by atomic mass is 10.2. The number of carbonyl (C=O) groups is 1. The van der Waals surface area contributed by atoms with Crippen molar-refractivity contribution in [3.8, 4) is 17.1 Å². The van der Waals surface area contributed by atoms with E-state index in [9.17, 15) is 14.9 Å². The van der Waals surface area contributed by atoms with Crippen molar-refractivity contribution in [3.05, 3.63) is 70.4 Å². The van der Waals surface area contributed by atoms with Crippen LogP contribution in [0.3, 0.4) is 0 Å². The maximum Gasteiger partial charge on any atom is 0.269 e. The zero-order valence-electron chi connectivity index (χ0n) is 16.9. The second-order valence-corrected chi connectivity index (χ2v) is 7.10. The zero-order chi connectivity index (χ0) is 21.8. The Morgan fingerprint density at radius 3 is 2.71 bits per heavy atom. The average Bonchev–Trinajstić information content (AvgIpc) is 2.77. The van der Waals surface area contributed by atoms with Crippen molar-refractivity contribution in [2.45, 2.75) is 13.3 Å². The van der Waals surface area contributed by atoms with Crippen LogP contribution in [-0.4, -0.2) is 40.5 Å². The van der Waals surface area contributed by atoms with E-state index < -0.39 is 4.92 Å². The fourth-order valence-electron chi connectivity index (χ4n) is 3.37. The number of fused-ring (bicyclic) bond motifs is 1. The topological polar surface area (TPSA) is 110 Å². The summed E-state index contributed by atoms with van der Waals surface area (Å²) in [7, 11) is 0. The largest absolute Gasteiger partial charge is 0.482 e. The number of hydrogen-bond acceptors (Lipinski definition) is 7. The van der Waals surface area contributed by atoms with Crippen LogP contribution in [0.1, 0.15) is 12.1 Å². The average molecular weight is 419 g/mol. The number of benzene rings is 2. The van der Waals surface area contributed by atoms with E-state index in [2.05, 4.69) is 15.3 Å².